The third kappa shape index (κ3) is 3.79. The third-order valence-electron chi connectivity index (χ3n) is 4.32. The van der Waals surface area contributed by atoms with Crippen LogP contribution < -0.4 is 5.73 Å². The van der Waals surface area contributed by atoms with Crippen LogP contribution in [0.3, 0.4) is 0 Å². The molecular formula is C17H21FN4O2. The van der Waals surface area contributed by atoms with Gasteiger partial charge in [0.15, 0.2) is 0 Å². The van der Waals surface area contributed by atoms with Crippen molar-refractivity contribution in [1.82, 2.24) is 15.0 Å². The van der Waals surface area contributed by atoms with Crippen molar-refractivity contribution in [3.63, 3.8) is 0 Å². The number of halogens is 1. The Morgan fingerprint density at radius 2 is 2.17 bits per heavy atom. The van der Waals surface area contributed by atoms with Crippen molar-refractivity contribution in [1.29, 1.82) is 0 Å². The number of carbonyl (C=O) groups is 1. The molecule has 6 nitrogen and oxygen atoms in total. The maximum absolute atomic E-state index is 12.9. The van der Waals surface area contributed by atoms with Gasteiger partial charge in [0.25, 0.3) is 0 Å². The number of likely N-dealkylation sites (tertiary alicyclic amines) is 1. The monoisotopic (exact) mass is 332 g/mol. The number of nitrogens with zero attached hydrogens (tertiary/aromatic N) is 3. The van der Waals surface area contributed by atoms with E-state index in [1.54, 1.807) is 12.1 Å². The number of nitrogens with two attached hydrogens (primary N) is 1. The summed E-state index contributed by atoms with van der Waals surface area (Å²) in [6, 6.07) is 6.11. The Bertz CT molecular complexity index is 686. The largest absolute Gasteiger partial charge is 0.339 e. The van der Waals surface area contributed by atoms with Crippen molar-refractivity contribution in [2.45, 2.75) is 38.1 Å². The molecule has 1 aliphatic heterocycles. The Morgan fingerprint density at radius 3 is 2.92 bits per heavy atom. The Kier molecular flexibility index (Phi) is 5.20. The first-order valence-corrected chi connectivity index (χ1v) is 8.25. The summed E-state index contributed by atoms with van der Waals surface area (Å²) in [5, 5.41) is 3.90. The van der Waals surface area contributed by atoms with Gasteiger partial charge in [-0.1, -0.05) is 5.16 Å². The molecule has 3 rings (SSSR count). The minimum atomic E-state index is -0.307. The summed E-state index contributed by atoms with van der Waals surface area (Å²) >= 11 is 0. The summed E-state index contributed by atoms with van der Waals surface area (Å²) in [5.74, 6) is 0.748. The molecule has 24 heavy (non-hydrogen) atoms. The summed E-state index contributed by atoms with van der Waals surface area (Å²) in [7, 11) is 0. The summed E-state index contributed by atoms with van der Waals surface area (Å²) in [4.78, 5) is 18.4. The van der Waals surface area contributed by atoms with Crippen LogP contribution >= 0.6 is 0 Å². The summed E-state index contributed by atoms with van der Waals surface area (Å²) in [6.07, 6.45) is 3.66. The standard InChI is InChI=1S/C17H21FN4O2/c18-13-8-6-12(7-9-13)17-20-15(24-21-17)4-1-5-16(23)22-10-2-3-14(22)11-19/h6-9,14H,1-5,10-11,19H2. The van der Waals surface area contributed by atoms with Gasteiger partial charge in [0.2, 0.25) is 17.6 Å². The molecule has 2 aromatic rings. The molecular weight excluding hydrogens is 311 g/mol. The highest BCUT2D eigenvalue weighted by Crippen LogP contribution is 2.19. The molecule has 0 radical (unpaired) electrons. The zero-order chi connectivity index (χ0) is 16.9. The lowest BCUT2D eigenvalue weighted by Gasteiger charge is -2.23. The lowest BCUT2D eigenvalue weighted by molar-refractivity contribution is -0.131. The maximum atomic E-state index is 12.9. The second-order valence-electron chi connectivity index (χ2n) is 5.99. The van der Waals surface area contributed by atoms with Gasteiger partial charge in [-0.25, -0.2) is 4.39 Å². The molecule has 0 spiro atoms. The van der Waals surface area contributed by atoms with Gasteiger partial charge in [-0.2, -0.15) is 4.98 Å². The number of carbonyl (C=O) groups excluding carboxylic acids is 1. The number of benzene rings is 1. The van der Waals surface area contributed by atoms with E-state index >= 15 is 0 Å². The zero-order valence-corrected chi connectivity index (χ0v) is 13.4. The zero-order valence-electron chi connectivity index (χ0n) is 13.4. The van der Waals surface area contributed by atoms with Crippen molar-refractivity contribution in [3.8, 4) is 11.4 Å². The van der Waals surface area contributed by atoms with Crippen LogP contribution in [0.25, 0.3) is 11.4 Å². The van der Waals surface area contributed by atoms with Crippen LogP contribution in [0.4, 0.5) is 4.39 Å². The predicted octanol–water partition coefficient (Wildman–Crippen LogP) is 2.15. The fourth-order valence-corrected chi connectivity index (χ4v) is 3.02. The first kappa shape index (κ1) is 16.6. The topological polar surface area (TPSA) is 85.2 Å². The molecule has 1 aromatic heterocycles. The van der Waals surface area contributed by atoms with Crippen LogP contribution in [-0.4, -0.2) is 40.1 Å². The average molecular weight is 332 g/mol. The van der Waals surface area contributed by atoms with Gasteiger partial charge in [-0.15, -0.1) is 0 Å². The van der Waals surface area contributed by atoms with Crippen molar-refractivity contribution < 1.29 is 13.7 Å². The summed E-state index contributed by atoms with van der Waals surface area (Å²) < 4.78 is 18.1. The molecule has 1 atom stereocenters. The average Bonchev–Trinajstić information content (AvgIpc) is 3.24. The third-order valence-corrected chi connectivity index (χ3v) is 4.32. The van der Waals surface area contributed by atoms with Gasteiger partial charge in [0.05, 0.1) is 0 Å². The molecule has 1 fully saturated rings. The molecule has 1 saturated heterocycles. The molecule has 0 aliphatic carbocycles. The van der Waals surface area contributed by atoms with E-state index in [-0.39, 0.29) is 17.8 Å². The number of hydrogen-bond donors (Lipinski definition) is 1. The molecule has 2 N–H and O–H groups in total. The molecule has 1 unspecified atom stereocenters. The van der Waals surface area contributed by atoms with Gasteiger partial charge in [0, 0.05) is 37.5 Å². The maximum Gasteiger partial charge on any atom is 0.226 e. The van der Waals surface area contributed by atoms with E-state index in [1.807, 2.05) is 4.90 Å². The molecule has 1 aliphatic rings. The fraction of sp³-hybridized carbons (Fsp3) is 0.471. The lowest BCUT2D eigenvalue weighted by atomic mass is 10.2. The number of rotatable bonds is 6. The van der Waals surface area contributed by atoms with E-state index in [0.717, 1.165) is 19.4 Å². The van der Waals surface area contributed by atoms with Crippen LogP contribution in [0.5, 0.6) is 0 Å². The molecule has 1 amide bonds. The lowest BCUT2D eigenvalue weighted by Crippen LogP contribution is -2.39. The Morgan fingerprint density at radius 1 is 1.38 bits per heavy atom. The number of amides is 1. The van der Waals surface area contributed by atoms with Crippen molar-refractivity contribution >= 4 is 5.91 Å². The number of aryl methyl sites for hydroxylation is 1. The quantitative estimate of drug-likeness (QED) is 0.876. The van der Waals surface area contributed by atoms with E-state index in [9.17, 15) is 9.18 Å². The predicted molar refractivity (Wildman–Crippen MR) is 86.4 cm³/mol. The molecule has 0 saturated carbocycles. The highest BCUT2D eigenvalue weighted by molar-refractivity contribution is 5.76. The normalized spacial score (nSPS) is 17.4. The molecule has 7 heteroatoms. The van der Waals surface area contributed by atoms with Gasteiger partial charge < -0.3 is 15.2 Å². The second kappa shape index (κ2) is 7.53. The van der Waals surface area contributed by atoms with E-state index in [4.69, 9.17) is 10.3 Å². The van der Waals surface area contributed by atoms with E-state index in [1.165, 1.54) is 12.1 Å². The van der Waals surface area contributed by atoms with Crippen molar-refractivity contribution in [3.05, 3.63) is 36.0 Å². The van der Waals surface area contributed by atoms with Crippen LogP contribution in [0.15, 0.2) is 28.8 Å². The second-order valence-corrected chi connectivity index (χ2v) is 5.99. The number of aromatic nitrogens is 2. The highest BCUT2D eigenvalue weighted by atomic mass is 19.1. The first-order valence-electron chi connectivity index (χ1n) is 8.25. The van der Waals surface area contributed by atoms with E-state index in [0.29, 0.717) is 43.1 Å². The van der Waals surface area contributed by atoms with E-state index in [2.05, 4.69) is 10.1 Å². The summed E-state index contributed by atoms with van der Waals surface area (Å²) in [6.45, 7) is 1.33. The van der Waals surface area contributed by atoms with Gasteiger partial charge in [-0.05, 0) is 43.5 Å². The van der Waals surface area contributed by atoms with E-state index < -0.39 is 0 Å². The highest BCUT2D eigenvalue weighted by Gasteiger charge is 2.26. The van der Waals surface area contributed by atoms with Crippen molar-refractivity contribution in [2.75, 3.05) is 13.1 Å². The first-order chi connectivity index (χ1) is 11.7. The van der Waals surface area contributed by atoms with Crippen LogP contribution in [0.1, 0.15) is 31.6 Å². The molecule has 0 bridgehead atoms. The Labute approximate surface area is 139 Å². The van der Waals surface area contributed by atoms with Crippen LogP contribution in [0, 0.1) is 5.82 Å². The van der Waals surface area contributed by atoms with Gasteiger partial charge >= 0.3 is 0 Å². The summed E-state index contributed by atoms with van der Waals surface area (Å²) in [5.41, 5.74) is 6.40. The smallest absolute Gasteiger partial charge is 0.226 e. The molecule has 2 heterocycles. The molecule has 128 valence electrons. The van der Waals surface area contributed by atoms with Gasteiger partial charge in [0.1, 0.15) is 5.82 Å². The number of hydrogen-bond acceptors (Lipinski definition) is 5. The Hall–Kier alpha value is -2.28. The van der Waals surface area contributed by atoms with Crippen LogP contribution in [0.2, 0.25) is 0 Å². The minimum absolute atomic E-state index is 0.140. The van der Waals surface area contributed by atoms with Crippen LogP contribution in [-0.2, 0) is 11.2 Å². The minimum Gasteiger partial charge on any atom is -0.339 e. The molecule has 1 aromatic carbocycles. The fourth-order valence-electron chi connectivity index (χ4n) is 3.02. The van der Waals surface area contributed by atoms with Crippen molar-refractivity contribution in [2.24, 2.45) is 5.73 Å². The SMILES string of the molecule is NCC1CCCN1C(=O)CCCc1nc(-c2ccc(F)cc2)no1. The Balaban J connectivity index is 1.50. The van der Waals surface area contributed by atoms with Gasteiger partial charge in [-0.3, -0.25) is 4.79 Å².